The lowest BCUT2D eigenvalue weighted by molar-refractivity contribution is -0.153. The zero-order valence-corrected chi connectivity index (χ0v) is 10.7. The fourth-order valence-electron chi connectivity index (χ4n) is 1.33. The van der Waals surface area contributed by atoms with E-state index in [2.05, 4.69) is 5.32 Å². The first-order valence-corrected chi connectivity index (χ1v) is 5.84. The van der Waals surface area contributed by atoms with E-state index in [0.717, 1.165) is 12.8 Å². The Labute approximate surface area is 97.4 Å². The Balaban J connectivity index is 4.31. The number of carboxylic acid groups (broad SMARTS) is 1. The number of amides is 1. The summed E-state index contributed by atoms with van der Waals surface area (Å²) in [6.07, 6.45) is 1.99. The van der Waals surface area contributed by atoms with Crippen LogP contribution in [0.25, 0.3) is 0 Å². The van der Waals surface area contributed by atoms with Gasteiger partial charge in [-0.25, -0.2) is 0 Å². The Morgan fingerprint density at radius 2 is 1.94 bits per heavy atom. The van der Waals surface area contributed by atoms with Crippen LogP contribution in [-0.2, 0) is 9.59 Å². The Kier molecular flexibility index (Phi) is 6.08. The highest BCUT2D eigenvalue weighted by Crippen LogP contribution is 2.31. The highest BCUT2D eigenvalue weighted by molar-refractivity contribution is 5.84. The molecule has 94 valence electrons. The number of unbranched alkanes of at least 4 members (excludes halogenated alkanes) is 1. The van der Waals surface area contributed by atoms with Crippen LogP contribution in [0.15, 0.2) is 0 Å². The number of aliphatic carboxylic acids is 1. The van der Waals surface area contributed by atoms with Gasteiger partial charge < -0.3 is 10.4 Å². The summed E-state index contributed by atoms with van der Waals surface area (Å²) in [7, 11) is 0. The van der Waals surface area contributed by atoms with Gasteiger partial charge in [-0.05, 0) is 19.3 Å². The molecule has 0 aliphatic carbocycles. The molecule has 1 atom stereocenters. The zero-order valence-electron chi connectivity index (χ0n) is 10.7. The minimum atomic E-state index is -0.976. The monoisotopic (exact) mass is 229 g/mol. The number of hydrogen-bond acceptors (Lipinski definition) is 2. The van der Waals surface area contributed by atoms with Gasteiger partial charge in [-0.15, -0.1) is 0 Å². The van der Waals surface area contributed by atoms with Gasteiger partial charge in [0.1, 0.15) is 0 Å². The van der Waals surface area contributed by atoms with E-state index in [1.54, 1.807) is 6.92 Å². The lowest BCUT2D eigenvalue weighted by Crippen LogP contribution is -2.39. The van der Waals surface area contributed by atoms with Gasteiger partial charge in [0.25, 0.3) is 0 Å². The van der Waals surface area contributed by atoms with Crippen LogP contribution in [0.1, 0.15) is 47.0 Å². The summed E-state index contributed by atoms with van der Waals surface area (Å²) >= 11 is 0. The van der Waals surface area contributed by atoms with Crippen LogP contribution < -0.4 is 5.32 Å². The molecular weight excluding hydrogens is 206 g/mol. The highest BCUT2D eigenvalue weighted by Gasteiger charge is 2.38. The van der Waals surface area contributed by atoms with Crippen LogP contribution in [0, 0.1) is 11.3 Å². The fourth-order valence-corrected chi connectivity index (χ4v) is 1.33. The average Bonchev–Trinajstić information content (AvgIpc) is 2.17. The van der Waals surface area contributed by atoms with Crippen molar-refractivity contribution in [2.75, 3.05) is 6.54 Å². The SMILES string of the molecule is CCCCNC(=O)CC(C)(C(=O)O)C(C)C. The van der Waals surface area contributed by atoms with Crippen LogP contribution in [0.3, 0.4) is 0 Å². The zero-order chi connectivity index (χ0) is 12.8. The van der Waals surface area contributed by atoms with E-state index in [4.69, 9.17) is 5.11 Å². The molecule has 0 rings (SSSR count). The minimum absolute atomic E-state index is 0.0454. The van der Waals surface area contributed by atoms with Gasteiger partial charge in [0.05, 0.1) is 5.41 Å². The number of carboxylic acids is 1. The normalized spacial score (nSPS) is 14.6. The molecule has 0 saturated carbocycles. The van der Waals surface area contributed by atoms with E-state index < -0.39 is 11.4 Å². The maximum Gasteiger partial charge on any atom is 0.310 e. The Morgan fingerprint density at radius 3 is 2.31 bits per heavy atom. The summed E-state index contributed by atoms with van der Waals surface area (Å²) in [5, 5.41) is 11.9. The average molecular weight is 229 g/mol. The van der Waals surface area contributed by atoms with Crippen molar-refractivity contribution in [2.24, 2.45) is 11.3 Å². The maximum absolute atomic E-state index is 11.6. The summed E-state index contributed by atoms with van der Waals surface area (Å²) in [6, 6.07) is 0. The first-order valence-electron chi connectivity index (χ1n) is 5.84. The number of hydrogen-bond donors (Lipinski definition) is 2. The summed E-state index contributed by atoms with van der Waals surface area (Å²) in [5.41, 5.74) is -0.976. The molecule has 16 heavy (non-hydrogen) atoms. The second kappa shape index (κ2) is 6.51. The van der Waals surface area contributed by atoms with Gasteiger partial charge in [0.2, 0.25) is 5.91 Å². The predicted molar refractivity (Wildman–Crippen MR) is 63.1 cm³/mol. The third kappa shape index (κ3) is 4.21. The van der Waals surface area contributed by atoms with Gasteiger partial charge in [-0.2, -0.15) is 0 Å². The van der Waals surface area contributed by atoms with E-state index in [1.807, 2.05) is 20.8 Å². The molecule has 0 bridgehead atoms. The number of carbonyl (C=O) groups is 2. The number of nitrogens with one attached hydrogen (secondary N) is 1. The Bertz CT molecular complexity index is 251. The molecule has 0 fully saturated rings. The number of rotatable bonds is 7. The topological polar surface area (TPSA) is 66.4 Å². The highest BCUT2D eigenvalue weighted by atomic mass is 16.4. The van der Waals surface area contributed by atoms with Crippen molar-refractivity contribution < 1.29 is 14.7 Å². The van der Waals surface area contributed by atoms with E-state index in [-0.39, 0.29) is 18.2 Å². The quantitative estimate of drug-likeness (QED) is 0.656. The van der Waals surface area contributed by atoms with Gasteiger partial charge in [-0.3, -0.25) is 9.59 Å². The van der Waals surface area contributed by atoms with Crippen molar-refractivity contribution in [3.8, 4) is 0 Å². The van der Waals surface area contributed by atoms with Gasteiger partial charge in [-0.1, -0.05) is 27.2 Å². The molecule has 2 N–H and O–H groups in total. The molecule has 4 nitrogen and oxygen atoms in total. The maximum atomic E-state index is 11.6. The Morgan fingerprint density at radius 1 is 1.38 bits per heavy atom. The van der Waals surface area contributed by atoms with Crippen LogP contribution in [0.5, 0.6) is 0 Å². The first-order chi connectivity index (χ1) is 7.34. The van der Waals surface area contributed by atoms with Gasteiger partial charge in [0.15, 0.2) is 0 Å². The molecule has 0 saturated heterocycles. The van der Waals surface area contributed by atoms with Crippen molar-refractivity contribution in [1.82, 2.24) is 5.32 Å². The molecular formula is C12H23NO3. The second-order valence-electron chi connectivity index (χ2n) is 4.76. The van der Waals surface area contributed by atoms with Crippen molar-refractivity contribution in [3.05, 3.63) is 0 Å². The molecule has 0 spiro atoms. The van der Waals surface area contributed by atoms with Crippen molar-refractivity contribution in [2.45, 2.75) is 47.0 Å². The minimum Gasteiger partial charge on any atom is -0.481 e. The molecule has 0 aromatic heterocycles. The second-order valence-corrected chi connectivity index (χ2v) is 4.76. The lowest BCUT2D eigenvalue weighted by atomic mass is 9.76. The van der Waals surface area contributed by atoms with Gasteiger partial charge >= 0.3 is 5.97 Å². The van der Waals surface area contributed by atoms with Crippen molar-refractivity contribution in [1.29, 1.82) is 0 Å². The molecule has 4 heteroatoms. The fraction of sp³-hybridized carbons (Fsp3) is 0.833. The molecule has 0 heterocycles. The van der Waals surface area contributed by atoms with E-state index in [0.29, 0.717) is 6.54 Å². The molecule has 0 radical (unpaired) electrons. The standard InChI is InChI=1S/C12H23NO3/c1-5-6-7-13-10(14)8-12(4,9(2)3)11(15)16/h9H,5-8H2,1-4H3,(H,13,14)(H,15,16). The molecule has 1 unspecified atom stereocenters. The van der Waals surface area contributed by atoms with Crippen LogP contribution in [0.2, 0.25) is 0 Å². The third-order valence-corrected chi connectivity index (χ3v) is 3.14. The van der Waals surface area contributed by atoms with E-state index in [1.165, 1.54) is 0 Å². The van der Waals surface area contributed by atoms with Crippen LogP contribution in [0.4, 0.5) is 0 Å². The third-order valence-electron chi connectivity index (χ3n) is 3.14. The van der Waals surface area contributed by atoms with E-state index >= 15 is 0 Å². The lowest BCUT2D eigenvalue weighted by Gasteiger charge is -2.28. The summed E-state index contributed by atoms with van der Waals surface area (Å²) < 4.78 is 0. The Hall–Kier alpha value is -1.06. The van der Waals surface area contributed by atoms with Crippen LogP contribution in [-0.4, -0.2) is 23.5 Å². The van der Waals surface area contributed by atoms with Gasteiger partial charge in [0, 0.05) is 13.0 Å². The molecule has 0 aromatic rings. The predicted octanol–water partition coefficient (Wildman–Crippen LogP) is 2.04. The summed E-state index contributed by atoms with van der Waals surface area (Å²) in [4.78, 5) is 22.7. The molecule has 0 aliphatic rings. The first kappa shape index (κ1) is 14.9. The largest absolute Gasteiger partial charge is 0.481 e. The molecule has 1 amide bonds. The van der Waals surface area contributed by atoms with Crippen molar-refractivity contribution >= 4 is 11.9 Å². The van der Waals surface area contributed by atoms with Crippen LogP contribution >= 0.6 is 0 Å². The molecule has 0 aromatic carbocycles. The smallest absolute Gasteiger partial charge is 0.310 e. The molecule has 0 aliphatic heterocycles. The number of carbonyl (C=O) groups excluding carboxylic acids is 1. The van der Waals surface area contributed by atoms with Crippen molar-refractivity contribution in [3.63, 3.8) is 0 Å². The summed E-state index contributed by atoms with van der Waals surface area (Å²) in [5.74, 6) is -1.15. The summed E-state index contributed by atoms with van der Waals surface area (Å²) in [6.45, 7) is 7.95. The van der Waals surface area contributed by atoms with E-state index in [9.17, 15) is 9.59 Å².